The highest BCUT2D eigenvalue weighted by molar-refractivity contribution is 5.94. The molecule has 1 aromatic carbocycles. The standard InChI is InChI=1S/C23H20N4O/c1-28-18-8-6-16(7-9-18)20-14-21-19(5-2-11-25-21)23(26-20)27-13-3-4-17-15-24-12-10-22(17)27/h2-3,5-9,11,13-15H,4,10,12H2,1H3. The molecule has 2 aromatic heterocycles. The van der Waals surface area contributed by atoms with Crippen molar-refractivity contribution in [1.29, 1.82) is 0 Å². The molecule has 4 heterocycles. The number of hydrogen-bond acceptors (Lipinski definition) is 5. The van der Waals surface area contributed by atoms with Gasteiger partial charge in [0, 0.05) is 48.2 Å². The SMILES string of the molecule is COc1ccc(-c2cc3ncccc3c(N3C=CCC4=C3CCN=C4)n2)cc1. The first-order valence-corrected chi connectivity index (χ1v) is 9.41. The Morgan fingerprint density at radius 1 is 1.11 bits per heavy atom. The Morgan fingerprint density at radius 3 is 2.86 bits per heavy atom. The fraction of sp³-hybridized carbons (Fsp3) is 0.174. The molecule has 0 fully saturated rings. The zero-order valence-corrected chi connectivity index (χ0v) is 15.7. The lowest BCUT2D eigenvalue weighted by atomic mass is 10.0. The molecule has 2 aliphatic rings. The van der Waals surface area contributed by atoms with Gasteiger partial charge in [0.15, 0.2) is 0 Å². The van der Waals surface area contributed by atoms with Crippen molar-refractivity contribution in [3.63, 3.8) is 0 Å². The van der Waals surface area contributed by atoms with Crippen molar-refractivity contribution in [3.05, 3.63) is 72.2 Å². The Bertz CT molecular complexity index is 1130. The molecule has 5 heteroatoms. The highest BCUT2D eigenvalue weighted by atomic mass is 16.5. The van der Waals surface area contributed by atoms with Gasteiger partial charge in [-0.25, -0.2) is 4.98 Å². The van der Waals surface area contributed by atoms with Gasteiger partial charge in [0.2, 0.25) is 0 Å². The molecule has 0 spiro atoms. The van der Waals surface area contributed by atoms with Crippen molar-refractivity contribution in [1.82, 2.24) is 9.97 Å². The molecular weight excluding hydrogens is 348 g/mol. The fourth-order valence-corrected chi connectivity index (χ4v) is 3.75. The number of methoxy groups -OCH3 is 1. The number of aromatic nitrogens is 2. The Kier molecular flexibility index (Phi) is 4.13. The highest BCUT2D eigenvalue weighted by Crippen LogP contribution is 2.35. The molecule has 0 amide bonds. The molecule has 138 valence electrons. The second-order valence-electron chi connectivity index (χ2n) is 6.85. The van der Waals surface area contributed by atoms with E-state index in [-0.39, 0.29) is 0 Å². The molecule has 5 rings (SSSR count). The summed E-state index contributed by atoms with van der Waals surface area (Å²) in [6, 6.07) is 14.1. The zero-order chi connectivity index (χ0) is 18.9. The van der Waals surface area contributed by atoms with Gasteiger partial charge < -0.3 is 9.64 Å². The number of dihydropyridines is 1. The minimum absolute atomic E-state index is 0.817. The number of pyridine rings is 2. The van der Waals surface area contributed by atoms with Crippen LogP contribution in [0.15, 0.2) is 77.2 Å². The number of nitrogens with zero attached hydrogens (tertiary/aromatic N) is 4. The van der Waals surface area contributed by atoms with Gasteiger partial charge in [0.1, 0.15) is 11.6 Å². The maximum atomic E-state index is 5.28. The van der Waals surface area contributed by atoms with Gasteiger partial charge >= 0.3 is 0 Å². The summed E-state index contributed by atoms with van der Waals surface area (Å²) in [5, 5.41) is 1.04. The lowest BCUT2D eigenvalue weighted by molar-refractivity contribution is 0.415. The molecule has 0 bridgehead atoms. The smallest absolute Gasteiger partial charge is 0.147 e. The minimum atomic E-state index is 0.817. The van der Waals surface area contributed by atoms with Crippen LogP contribution in [0.5, 0.6) is 5.75 Å². The third kappa shape index (κ3) is 2.85. The van der Waals surface area contributed by atoms with Crippen LogP contribution in [0, 0.1) is 0 Å². The van der Waals surface area contributed by atoms with Crippen molar-refractivity contribution in [2.45, 2.75) is 12.8 Å². The van der Waals surface area contributed by atoms with Gasteiger partial charge in [-0.1, -0.05) is 6.08 Å². The second-order valence-corrected chi connectivity index (χ2v) is 6.85. The summed E-state index contributed by atoms with van der Waals surface area (Å²) in [6.45, 7) is 0.817. The van der Waals surface area contributed by atoms with E-state index in [2.05, 4.69) is 33.2 Å². The molecule has 0 saturated carbocycles. The van der Waals surface area contributed by atoms with E-state index in [9.17, 15) is 0 Å². The number of aliphatic imine (C=N–C) groups is 1. The molecular formula is C23H20N4O. The number of benzene rings is 1. The van der Waals surface area contributed by atoms with Crippen LogP contribution < -0.4 is 9.64 Å². The van der Waals surface area contributed by atoms with E-state index in [1.807, 2.05) is 48.8 Å². The average Bonchev–Trinajstić information content (AvgIpc) is 2.78. The van der Waals surface area contributed by atoms with Crippen molar-refractivity contribution >= 4 is 22.9 Å². The minimum Gasteiger partial charge on any atom is -0.497 e. The summed E-state index contributed by atoms with van der Waals surface area (Å²) in [7, 11) is 1.67. The molecule has 0 unspecified atom stereocenters. The lowest BCUT2D eigenvalue weighted by Crippen LogP contribution is -2.24. The van der Waals surface area contributed by atoms with E-state index in [0.29, 0.717) is 0 Å². The number of ether oxygens (including phenoxy) is 1. The van der Waals surface area contributed by atoms with E-state index in [4.69, 9.17) is 9.72 Å². The largest absolute Gasteiger partial charge is 0.497 e. The van der Waals surface area contributed by atoms with Crippen LogP contribution in [0.3, 0.4) is 0 Å². The Balaban J connectivity index is 1.69. The van der Waals surface area contributed by atoms with E-state index < -0.39 is 0 Å². The number of anilines is 1. The molecule has 5 nitrogen and oxygen atoms in total. The van der Waals surface area contributed by atoms with E-state index in [0.717, 1.165) is 53.1 Å². The maximum absolute atomic E-state index is 5.28. The summed E-state index contributed by atoms with van der Waals surface area (Å²) in [6.07, 6.45) is 9.97. The topological polar surface area (TPSA) is 50.6 Å². The van der Waals surface area contributed by atoms with Crippen LogP contribution in [0.25, 0.3) is 22.2 Å². The summed E-state index contributed by atoms with van der Waals surface area (Å²) in [5.41, 5.74) is 5.41. The van der Waals surface area contributed by atoms with Crippen LogP contribution in [0.2, 0.25) is 0 Å². The van der Waals surface area contributed by atoms with E-state index in [1.54, 1.807) is 7.11 Å². The molecule has 0 saturated heterocycles. The van der Waals surface area contributed by atoms with Gasteiger partial charge in [0.25, 0.3) is 0 Å². The number of rotatable bonds is 3. The van der Waals surface area contributed by atoms with Crippen molar-refractivity contribution in [3.8, 4) is 17.0 Å². The Hall–Kier alpha value is -3.47. The Morgan fingerprint density at radius 2 is 2.00 bits per heavy atom. The van der Waals surface area contributed by atoms with Gasteiger partial charge in [-0.3, -0.25) is 9.98 Å². The number of allylic oxidation sites excluding steroid dienone is 2. The van der Waals surface area contributed by atoms with Crippen molar-refractivity contribution < 1.29 is 4.74 Å². The van der Waals surface area contributed by atoms with E-state index in [1.165, 1.54) is 11.3 Å². The first kappa shape index (κ1) is 16.7. The van der Waals surface area contributed by atoms with Gasteiger partial charge in [-0.15, -0.1) is 0 Å². The summed E-state index contributed by atoms with van der Waals surface area (Å²) in [5.74, 6) is 1.74. The van der Waals surface area contributed by atoms with Gasteiger partial charge in [-0.2, -0.15) is 0 Å². The first-order valence-electron chi connectivity index (χ1n) is 9.41. The number of hydrogen-bond donors (Lipinski definition) is 0. The van der Waals surface area contributed by atoms with Crippen molar-refractivity contribution in [2.24, 2.45) is 4.99 Å². The Labute approximate surface area is 163 Å². The van der Waals surface area contributed by atoms with Crippen molar-refractivity contribution in [2.75, 3.05) is 18.6 Å². The van der Waals surface area contributed by atoms with Crippen LogP contribution in [0.4, 0.5) is 5.82 Å². The van der Waals surface area contributed by atoms with Gasteiger partial charge in [0.05, 0.1) is 18.3 Å². The molecule has 0 aliphatic carbocycles. The summed E-state index contributed by atoms with van der Waals surface area (Å²) < 4.78 is 5.28. The normalized spacial score (nSPS) is 15.8. The van der Waals surface area contributed by atoms with Crippen LogP contribution in [0.1, 0.15) is 12.8 Å². The molecule has 0 N–H and O–H groups in total. The zero-order valence-electron chi connectivity index (χ0n) is 15.7. The van der Waals surface area contributed by atoms with Crippen LogP contribution >= 0.6 is 0 Å². The molecule has 28 heavy (non-hydrogen) atoms. The highest BCUT2D eigenvalue weighted by Gasteiger charge is 2.22. The molecule has 0 radical (unpaired) electrons. The predicted octanol–water partition coefficient (Wildman–Crippen LogP) is 4.76. The second kappa shape index (κ2) is 6.93. The third-order valence-corrected chi connectivity index (χ3v) is 5.17. The summed E-state index contributed by atoms with van der Waals surface area (Å²) >= 11 is 0. The molecule has 3 aromatic rings. The van der Waals surface area contributed by atoms with Crippen LogP contribution in [-0.4, -0.2) is 29.8 Å². The fourth-order valence-electron chi connectivity index (χ4n) is 3.75. The predicted molar refractivity (Wildman–Crippen MR) is 113 cm³/mol. The van der Waals surface area contributed by atoms with Gasteiger partial charge in [-0.05, 0) is 54.5 Å². The van der Waals surface area contributed by atoms with E-state index >= 15 is 0 Å². The molecule has 2 aliphatic heterocycles. The average molecular weight is 368 g/mol. The first-order chi connectivity index (χ1) is 13.8. The maximum Gasteiger partial charge on any atom is 0.147 e. The monoisotopic (exact) mass is 368 g/mol. The quantitative estimate of drug-likeness (QED) is 0.669. The van der Waals surface area contributed by atoms with Crippen LogP contribution in [-0.2, 0) is 0 Å². The number of fused-ring (bicyclic) bond motifs is 1. The summed E-state index contributed by atoms with van der Waals surface area (Å²) in [4.78, 5) is 16.3. The third-order valence-electron chi connectivity index (χ3n) is 5.17. The lowest BCUT2D eigenvalue weighted by Gasteiger charge is -2.30. The molecule has 0 atom stereocenters.